The zero-order valence-electron chi connectivity index (χ0n) is 20.1. The van der Waals surface area contributed by atoms with Gasteiger partial charge in [-0.25, -0.2) is 9.37 Å². The number of rotatable bonds is 6. The molecular formula is C29H26FN5O2. The van der Waals surface area contributed by atoms with E-state index in [0.717, 1.165) is 48.3 Å². The number of nitrogens with zero attached hydrogens (tertiary/aromatic N) is 1. The normalized spacial score (nSPS) is 15.4. The first kappa shape index (κ1) is 23.0. The van der Waals surface area contributed by atoms with Crippen LogP contribution in [0, 0.1) is 5.82 Å². The number of carbonyl (C=O) groups excluding carboxylic acids is 2. The quantitative estimate of drug-likeness (QED) is 0.290. The van der Waals surface area contributed by atoms with E-state index in [2.05, 4.69) is 25.9 Å². The summed E-state index contributed by atoms with van der Waals surface area (Å²) in [6.07, 6.45) is 5.56. The summed E-state index contributed by atoms with van der Waals surface area (Å²) in [4.78, 5) is 33.7. The van der Waals surface area contributed by atoms with Crippen LogP contribution in [0.1, 0.15) is 40.9 Å². The summed E-state index contributed by atoms with van der Waals surface area (Å²) in [5.74, 6) is -0.286. The molecule has 1 saturated carbocycles. The van der Waals surface area contributed by atoms with Crippen molar-refractivity contribution in [3.8, 4) is 11.3 Å². The summed E-state index contributed by atoms with van der Waals surface area (Å²) in [6.45, 7) is 0. The van der Waals surface area contributed by atoms with Crippen LogP contribution in [0.25, 0.3) is 11.3 Å². The van der Waals surface area contributed by atoms with E-state index < -0.39 is 0 Å². The van der Waals surface area contributed by atoms with Gasteiger partial charge in [0, 0.05) is 35.1 Å². The lowest BCUT2D eigenvalue weighted by Gasteiger charge is -2.45. The van der Waals surface area contributed by atoms with E-state index in [9.17, 15) is 14.0 Å². The van der Waals surface area contributed by atoms with E-state index in [0.29, 0.717) is 22.6 Å². The highest BCUT2D eigenvalue weighted by Gasteiger charge is 2.44. The van der Waals surface area contributed by atoms with Crippen molar-refractivity contribution in [1.29, 1.82) is 0 Å². The van der Waals surface area contributed by atoms with Gasteiger partial charge in [0.2, 0.25) is 5.91 Å². The second-order valence-electron chi connectivity index (χ2n) is 9.77. The number of para-hydroxylation sites is 1. The Morgan fingerprint density at radius 3 is 2.57 bits per heavy atom. The molecule has 0 atom stereocenters. The highest BCUT2D eigenvalue weighted by molar-refractivity contribution is 6.07. The van der Waals surface area contributed by atoms with E-state index in [4.69, 9.17) is 0 Å². The van der Waals surface area contributed by atoms with Crippen LogP contribution in [0.15, 0.2) is 72.9 Å². The molecule has 4 aromatic rings. The summed E-state index contributed by atoms with van der Waals surface area (Å²) in [5, 5.41) is 9.52. The van der Waals surface area contributed by atoms with Crippen molar-refractivity contribution >= 4 is 29.0 Å². The van der Waals surface area contributed by atoms with Crippen LogP contribution in [0.5, 0.6) is 0 Å². The third kappa shape index (κ3) is 4.58. The number of aromatic nitrogens is 2. The standard InChI is InChI=1S/C29H26FN5O2/c30-20-9-7-18(8-10-20)15-24(36)34-23-16-19(11-14-31-23)26-27(32-21-5-2-1-3-6-21)25-22(33-26)17-29(12-4-13-29)35-28(25)37/h1-3,5-11,14,16,32-33H,4,12-13,15,17H2,(H,35,37)(H,31,34,36). The molecule has 37 heavy (non-hydrogen) atoms. The van der Waals surface area contributed by atoms with Crippen LogP contribution in [-0.4, -0.2) is 27.3 Å². The van der Waals surface area contributed by atoms with Crippen LogP contribution in [0.2, 0.25) is 0 Å². The number of fused-ring (bicyclic) bond motifs is 1. The molecule has 2 amide bonds. The second kappa shape index (κ2) is 9.20. The van der Waals surface area contributed by atoms with Crippen molar-refractivity contribution < 1.29 is 14.0 Å². The van der Waals surface area contributed by atoms with E-state index in [1.807, 2.05) is 36.4 Å². The fourth-order valence-electron chi connectivity index (χ4n) is 5.16. The van der Waals surface area contributed by atoms with Crippen LogP contribution >= 0.6 is 0 Å². The van der Waals surface area contributed by atoms with Gasteiger partial charge in [-0.3, -0.25) is 9.59 Å². The Morgan fingerprint density at radius 2 is 1.84 bits per heavy atom. The van der Waals surface area contributed by atoms with Gasteiger partial charge in [0.05, 0.1) is 23.4 Å². The molecule has 0 bridgehead atoms. The Morgan fingerprint density at radius 1 is 1.05 bits per heavy atom. The van der Waals surface area contributed by atoms with Gasteiger partial charge in [-0.05, 0) is 61.2 Å². The molecule has 1 aliphatic carbocycles. The predicted octanol–water partition coefficient (Wildman–Crippen LogP) is 5.35. The van der Waals surface area contributed by atoms with Crippen LogP contribution in [0.3, 0.4) is 0 Å². The number of hydrogen-bond donors (Lipinski definition) is 4. The number of H-pyrrole nitrogens is 1. The van der Waals surface area contributed by atoms with Crippen molar-refractivity contribution in [1.82, 2.24) is 15.3 Å². The first-order chi connectivity index (χ1) is 18.0. The van der Waals surface area contributed by atoms with E-state index in [1.54, 1.807) is 24.4 Å². The molecule has 7 nitrogen and oxygen atoms in total. The monoisotopic (exact) mass is 495 g/mol. The minimum atomic E-state index is -0.344. The Kier molecular flexibility index (Phi) is 5.71. The van der Waals surface area contributed by atoms with Crippen molar-refractivity contribution in [3.63, 3.8) is 0 Å². The molecule has 1 spiro atoms. The fourth-order valence-corrected chi connectivity index (χ4v) is 5.16. The van der Waals surface area contributed by atoms with Gasteiger partial charge in [0.25, 0.3) is 5.91 Å². The predicted molar refractivity (Wildman–Crippen MR) is 140 cm³/mol. The van der Waals surface area contributed by atoms with Crippen molar-refractivity contribution in [3.05, 3.63) is 95.6 Å². The Labute approximate surface area is 213 Å². The third-order valence-corrected chi connectivity index (χ3v) is 7.15. The van der Waals surface area contributed by atoms with Crippen LogP contribution in [-0.2, 0) is 17.6 Å². The third-order valence-electron chi connectivity index (χ3n) is 7.15. The number of benzene rings is 2. The van der Waals surface area contributed by atoms with E-state index in [1.165, 1.54) is 12.1 Å². The summed E-state index contributed by atoms with van der Waals surface area (Å²) in [5.41, 5.74) is 5.19. The summed E-state index contributed by atoms with van der Waals surface area (Å²) >= 11 is 0. The Bertz CT molecular complexity index is 1480. The first-order valence-electron chi connectivity index (χ1n) is 12.4. The molecule has 8 heteroatoms. The molecule has 1 aliphatic heterocycles. The molecule has 3 heterocycles. The lowest BCUT2D eigenvalue weighted by Crippen LogP contribution is -2.57. The second-order valence-corrected chi connectivity index (χ2v) is 9.77. The molecule has 0 saturated heterocycles. The van der Waals surface area contributed by atoms with Gasteiger partial charge in [-0.2, -0.15) is 0 Å². The van der Waals surface area contributed by atoms with Gasteiger partial charge in [-0.15, -0.1) is 0 Å². The van der Waals surface area contributed by atoms with Gasteiger partial charge < -0.3 is 20.9 Å². The maximum absolute atomic E-state index is 13.3. The first-order valence-corrected chi connectivity index (χ1v) is 12.4. The minimum Gasteiger partial charge on any atom is -0.356 e. The number of nitrogens with one attached hydrogen (secondary N) is 4. The molecule has 4 N–H and O–H groups in total. The van der Waals surface area contributed by atoms with Crippen LogP contribution < -0.4 is 16.0 Å². The summed E-state index contributed by atoms with van der Waals surface area (Å²) < 4.78 is 13.2. The number of anilines is 3. The zero-order valence-corrected chi connectivity index (χ0v) is 20.1. The highest BCUT2D eigenvalue weighted by Crippen LogP contribution is 2.44. The molecular weight excluding hydrogens is 469 g/mol. The number of amides is 2. The Hall–Kier alpha value is -4.46. The average molecular weight is 496 g/mol. The molecule has 1 fully saturated rings. The maximum Gasteiger partial charge on any atom is 0.255 e. The fraction of sp³-hybridized carbons (Fsp3) is 0.207. The maximum atomic E-state index is 13.3. The smallest absolute Gasteiger partial charge is 0.255 e. The molecule has 0 radical (unpaired) electrons. The van der Waals surface area contributed by atoms with Crippen LogP contribution in [0.4, 0.5) is 21.6 Å². The van der Waals surface area contributed by atoms with Gasteiger partial charge in [-0.1, -0.05) is 30.3 Å². The molecule has 2 aromatic heterocycles. The summed E-state index contributed by atoms with van der Waals surface area (Å²) in [6, 6.07) is 19.2. The van der Waals surface area contributed by atoms with Crippen molar-refractivity contribution in [2.45, 2.75) is 37.6 Å². The average Bonchev–Trinajstić information content (AvgIpc) is 3.23. The number of aromatic amines is 1. The largest absolute Gasteiger partial charge is 0.356 e. The SMILES string of the molecule is O=C(Cc1ccc(F)cc1)Nc1cc(-c2[nH]c3c(c2Nc2ccccc2)C(=O)NC2(CCC2)C3)ccn1. The molecule has 6 rings (SSSR count). The molecule has 2 aliphatic rings. The number of hydrogen-bond acceptors (Lipinski definition) is 4. The molecule has 0 unspecified atom stereocenters. The topological polar surface area (TPSA) is 98.9 Å². The number of halogens is 1. The lowest BCUT2D eigenvalue weighted by molar-refractivity contribution is -0.115. The zero-order chi connectivity index (χ0) is 25.4. The minimum absolute atomic E-state index is 0.0799. The number of carbonyl (C=O) groups is 2. The number of pyridine rings is 1. The molecule has 2 aromatic carbocycles. The van der Waals surface area contributed by atoms with Gasteiger partial charge in [0.1, 0.15) is 11.6 Å². The van der Waals surface area contributed by atoms with Gasteiger partial charge in [0.15, 0.2) is 0 Å². The van der Waals surface area contributed by atoms with E-state index >= 15 is 0 Å². The van der Waals surface area contributed by atoms with Crippen molar-refractivity contribution in [2.75, 3.05) is 10.6 Å². The summed E-state index contributed by atoms with van der Waals surface area (Å²) in [7, 11) is 0. The molecule has 186 valence electrons. The van der Waals surface area contributed by atoms with E-state index in [-0.39, 0.29) is 29.6 Å². The Balaban J connectivity index is 1.32. The van der Waals surface area contributed by atoms with Crippen molar-refractivity contribution in [2.24, 2.45) is 0 Å². The highest BCUT2D eigenvalue weighted by atomic mass is 19.1. The van der Waals surface area contributed by atoms with Gasteiger partial charge >= 0.3 is 0 Å². The lowest BCUT2D eigenvalue weighted by atomic mass is 9.71.